The monoisotopic (exact) mass is 396 g/mol. The number of carbonyl (C=O) groups is 2. The van der Waals surface area contributed by atoms with Crippen LogP contribution in [0, 0.1) is 24.7 Å². The van der Waals surface area contributed by atoms with Gasteiger partial charge < -0.3 is 10.2 Å². The number of amides is 3. The van der Waals surface area contributed by atoms with Gasteiger partial charge in [0.25, 0.3) is 5.91 Å². The number of aliphatic imine (C=N–C) groups is 1. The normalized spacial score (nSPS) is 28.4. The van der Waals surface area contributed by atoms with Gasteiger partial charge in [-0.2, -0.15) is 0 Å². The van der Waals surface area contributed by atoms with E-state index in [2.05, 4.69) is 32.2 Å². The first-order chi connectivity index (χ1) is 13.8. The van der Waals surface area contributed by atoms with Crippen LogP contribution in [0.1, 0.15) is 44.7 Å². The third-order valence-corrected chi connectivity index (χ3v) is 6.84. The molecule has 2 aliphatic heterocycles. The third kappa shape index (κ3) is 3.43. The van der Waals surface area contributed by atoms with Crippen LogP contribution in [0.4, 0.5) is 4.79 Å². The summed E-state index contributed by atoms with van der Waals surface area (Å²) in [5.74, 6) is 1.89. The Morgan fingerprint density at radius 2 is 2.03 bits per heavy atom. The number of nitrogens with zero attached hydrogens (tertiary/aromatic N) is 3. The molecule has 1 N–H and O–H groups in total. The van der Waals surface area contributed by atoms with Crippen LogP contribution in [0.15, 0.2) is 29.3 Å². The van der Waals surface area contributed by atoms with E-state index in [1.807, 2.05) is 34.9 Å². The molecule has 1 aliphatic carbocycles. The zero-order valence-electron chi connectivity index (χ0n) is 17.9. The van der Waals surface area contributed by atoms with E-state index in [0.29, 0.717) is 31.5 Å². The molecule has 2 heterocycles. The van der Waals surface area contributed by atoms with Crippen molar-refractivity contribution in [1.82, 2.24) is 15.1 Å². The van der Waals surface area contributed by atoms with Crippen molar-refractivity contribution in [3.05, 3.63) is 35.4 Å². The highest BCUT2D eigenvalue weighted by molar-refractivity contribution is 6.07. The number of aryl methyl sites for hydroxylation is 1. The Bertz CT molecular complexity index is 849. The molecule has 6 heteroatoms. The number of rotatable bonds is 4. The average molecular weight is 397 g/mol. The number of urea groups is 1. The molecule has 29 heavy (non-hydrogen) atoms. The molecule has 1 aromatic carbocycles. The lowest BCUT2D eigenvalue weighted by atomic mass is 9.85. The SMILES string of the molecule is CC1=N[C@]2(CC[C@H]3CN(C(=O)NCc4ccccc4C)C[C@H]32)C(=O)N1CC(C)C. The fourth-order valence-electron chi connectivity index (χ4n) is 5.31. The van der Waals surface area contributed by atoms with Crippen molar-refractivity contribution < 1.29 is 9.59 Å². The van der Waals surface area contributed by atoms with Crippen LogP contribution in [0.3, 0.4) is 0 Å². The highest BCUT2D eigenvalue weighted by Crippen LogP contribution is 2.50. The number of amidine groups is 1. The second-order valence-electron chi connectivity index (χ2n) is 9.29. The van der Waals surface area contributed by atoms with E-state index in [1.54, 1.807) is 0 Å². The lowest BCUT2D eigenvalue weighted by molar-refractivity contribution is -0.132. The number of hydrogen-bond acceptors (Lipinski definition) is 3. The molecule has 3 atom stereocenters. The molecule has 0 radical (unpaired) electrons. The minimum absolute atomic E-state index is 0.0389. The maximum absolute atomic E-state index is 13.3. The molecule has 2 fully saturated rings. The van der Waals surface area contributed by atoms with Crippen LogP contribution in [-0.2, 0) is 11.3 Å². The standard InChI is InChI=1S/C23H32N4O2/c1-15(2)12-27-17(4)25-23(21(27)28)10-9-19-13-26(14-20(19)23)22(29)24-11-18-8-6-5-7-16(18)3/h5-8,15,19-20H,9-14H2,1-4H3,(H,24,29)/t19-,20+,23-/m0/s1. The number of carbonyl (C=O) groups excluding carboxylic acids is 2. The maximum atomic E-state index is 13.3. The Hall–Kier alpha value is -2.37. The summed E-state index contributed by atoms with van der Waals surface area (Å²) in [5.41, 5.74) is 1.66. The van der Waals surface area contributed by atoms with E-state index >= 15 is 0 Å². The van der Waals surface area contributed by atoms with Crippen LogP contribution in [-0.4, -0.2) is 52.7 Å². The topological polar surface area (TPSA) is 65.0 Å². The van der Waals surface area contributed by atoms with E-state index in [4.69, 9.17) is 4.99 Å². The van der Waals surface area contributed by atoms with E-state index in [1.165, 1.54) is 5.56 Å². The first-order valence-electron chi connectivity index (χ1n) is 10.8. The Balaban J connectivity index is 1.43. The summed E-state index contributed by atoms with van der Waals surface area (Å²) in [6.07, 6.45) is 1.77. The van der Waals surface area contributed by atoms with Crippen LogP contribution >= 0.6 is 0 Å². The van der Waals surface area contributed by atoms with Crippen LogP contribution in [0.2, 0.25) is 0 Å². The van der Waals surface area contributed by atoms with Crippen molar-refractivity contribution in [2.24, 2.45) is 22.7 Å². The summed E-state index contributed by atoms with van der Waals surface area (Å²) in [6.45, 7) is 10.8. The Morgan fingerprint density at radius 3 is 2.76 bits per heavy atom. The van der Waals surface area contributed by atoms with E-state index in [0.717, 1.165) is 30.8 Å². The second kappa shape index (κ2) is 7.47. The molecule has 156 valence electrons. The van der Waals surface area contributed by atoms with Crippen molar-refractivity contribution in [3.63, 3.8) is 0 Å². The number of fused-ring (bicyclic) bond motifs is 2. The van der Waals surface area contributed by atoms with Gasteiger partial charge in [0.1, 0.15) is 11.4 Å². The Labute approximate surface area is 173 Å². The molecular formula is C23H32N4O2. The molecule has 3 aliphatic rings. The maximum Gasteiger partial charge on any atom is 0.317 e. The largest absolute Gasteiger partial charge is 0.334 e. The summed E-state index contributed by atoms with van der Waals surface area (Å²) in [4.78, 5) is 34.8. The smallest absolute Gasteiger partial charge is 0.317 e. The van der Waals surface area contributed by atoms with Gasteiger partial charge in [0.15, 0.2) is 0 Å². The number of likely N-dealkylation sites (tertiary alicyclic amines) is 1. The summed E-state index contributed by atoms with van der Waals surface area (Å²) in [6, 6.07) is 8.06. The summed E-state index contributed by atoms with van der Waals surface area (Å²) < 4.78 is 0. The number of nitrogens with one attached hydrogen (secondary N) is 1. The Morgan fingerprint density at radius 1 is 1.28 bits per heavy atom. The van der Waals surface area contributed by atoms with Crippen LogP contribution in [0.5, 0.6) is 0 Å². The van der Waals surface area contributed by atoms with Gasteiger partial charge in [-0.1, -0.05) is 38.1 Å². The molecular weight excluding hydrogens is 364 g/mol. The van der Waals surface area contributed by atoms with Crippen LogP contribution in [0.25, 0.3) is 0 Å². The van der Waals surface area contributed by atoms with Crippen molar-refractivity contribution in [2.45, 2.75) is 52.6 Å². The van der Waals surface area contributed by atoms with Gasteiger partial charge in [0.05, 0.1) is 0 Å². The minimum atomic E-state index is -0.644. The van der Waals surface area contributed by atoms with Gasteiger partial charge in [-0.3, -0.25) is 14.7 Å². The highest BCUT2D eigenvalue weighted by atomic mass is 16.2. The lowest BCUT2D eigenvalue weighted by Gasteiger charge is -2.28. The first-order valence-corrected chi connectivity index (χ1v) is 10.8. The molecule has 0 unspecified atom stereocenters. The first kappa shape index (κ1) is 19.9. The van der Waals surface area contributed by atoms with Gasteiger partial charge in [0.2, 0.25) is 0 Å². The summed E-state index contributed by atoms with van der Waals surface area (Å²) >= 11 is 0. The molecule has 1 saturated heterocycles. The van der Waals surface area contributed by atoms with Gasteiger partial charge in [-0.05, 0) is 49.7 Å². The van der Waals surface area contributed by atoms with Crippen molar-refractivity contribution in [3.8, 4) is 0 Å². The molecule has 3 amide bonds. The van der Waals surface area contributed by atoms with E-state index < -0.39 is 5.54 Å². The quantitative estimate of drug-likeness (QED) is 0.849. The third-order valence-electron chi connectivity index (χ3n) is 6.84. The van der Waals surface area contributed by atoms with E-state index in [9.17, 15) is 9.59 Å². The predicted molar refractivity (Wildman–Crippen MR) is 114 cm³/mol. The number of hydrogen-bond donors (Lipinski definition) is 1. The molecule has 1 spiro atoms. The van der Waals surface area contributed by atoms with Crippen molar-refractivity contribution >= 4 is 17.8 Å². The lowest BCUT2D eigenvalue weighted by Crippen LogP contribution is -2.48. The fraction of sp³-hybridized carbons (Fsp3) is 0.609. The van der Waals surface area contributed by atoms with Crippen molar-refractivity contribution in [1.29, 1.82) is 0 Å². The summed E-state index contributed by atoms with van der Waals surface area (Å²) in [7, 11) is 0. The predicted octanol–water partition coefficient (Wildman–Crippen LogP) is 3.20. The zero-order valence-corrected chi connectivity index (χ0v) is 17.9. The minimum Gasteiger partial charge on any atom is -0.334 e. The molecule has 4 rings (SSSR count). The molecule has 1 aromatic rings. The Kier molecular flexibility index (Phi) is 5.13. The van der Waals surface area contributed by atoms with Gasteiger partial charge >= 0.3 is 6.03 Å². The molecule has 0 bridgehead atoms. The summed E-state index contributed by atoms with van der Waals surface area (Å²) in [5, 5.41) is 3.06. The number of benzene rings is 1. The van der Waals surface area contributed by atoms with Gasteiger partial charge in [-0.25, -0.2) is 4.79 Å². The van der Waals surface area contributed by atoms with E-state index in [-0.39, 0.29) is 17.9 Å². The fourth-order valence-corrected chi connectivity index (χ4v) is 5.31. The average Bonchev–Trinajstić information content (AvgIpc) is 3.31. The molecule has 0 aromatic heterocycles. The van der Waals surface area contributed by atoms with Crippen LogP contribution < -0.4 is 5.32 Å². The highest BCUT2D eigenvalue weighted by Gasteiger charge is 2.61. The molecule has 6 nitrogen and oxygen atoms in total. The second-order valence-corrected chi connectivity index (χ2v) is 9.29. The molecule has 1 saturated carbocycles. The van der Waals surface area contributed by atoms with Gasteiger partial charge in [0, 0.05) is 32.1 Å². The van der Waals surface area contributed by atoms with Gasteiger partial charge in [-0.15, -0.1) is 0 Å². The van der Waals surface area contributed by atoms with Crippen molar-refractivity contribution in [2.75, 3.05) is 19.6 Å². The zero-order chi connectivity index (χ0) is 20.8.